The predicted octanol–water partition coefficient (Wildman–Crippen LogP) is 4.82. The Hall–Kier alpha value is -2.53. The van der Waals surface area contributed by atoms with Crippen LogP contribution < -0.4 is 9.80 Å². The molecule has 2 unspecified atom stereocenters. The summed E-state index contributed by atoms with van der Waals surface area (Å²) in [4.78, 5) is 16.3. The van der Waals surface area contributed by atoms with Crippen LogP contribution >= 0.6 is 0 Å². The molecule has 0 radical (unpaired) electrons. The molecule has 26 heavy (non-hydrogen) atoms. The SMILES string of the molecule is CON(C(=O)O)c1ccccc1COc1cccc(C2CC2C2CC2)c1. The molecule has 4 rings (SSSR count). The minimum absolute atomic E-state index is 0.281. The molecule has 2 saturated carbocycles. The number of anilines is 1. The zero-order valence-electron chi connectivity index (χ0n) is 14.8. The fraction of sp³-hybridized carbons (Fsp3) is 0.381. The van der Waals surface area contributed by atoms with E-state index >= 15 is 0 Å². The maximum Gasteiger partial charge on any atom is 0.436 e. The Morgan fingerprint density at radius 1 is 1.19 bits per heavy atom. The molecule has 2 aromatic rings. The van der Waals surface area contributed by atoms with E-state index in [9.17, 15) is 9.90 Å². The van der Waals surface area contributed by atoms with Crippen molar-refractivity contribution in [2.75, 3.05) is 12.2 Å². The van der Waals surface area contributed by atoms with Crippen LogP contribution in [-0.2, 0) is 11.4 Å². The Balaban J connectivity index is 1.45. The first-order chi connectivity index (χ1) is 12.7. The van der Waals surface area contributed by atoms with Gasteiger partial charge in [-0.2, -0.15) is 5.06 Å². The zero-order valence-corrected chi connectivity index (χ0v) is 14.8. The summed E-state index contributed by atoms with van der Waals surface area (Å²) in [6, 6.07) is 15.5. The minimum Gasteiger partial charge on any atom is -0.489 e. The van der Waals surface area contributed by atoms with E-state index in [4.69, 9.17) is 9.57 Å². The van der Waals surface area contributed by atoms with Gasteiger partial charge in [-0.1, -0.05) is 30.3 Å². The zero-order chi connectivity index (χ0) is 18.1. The van der Waals surface area contributed by atoms with Gasteiger partial charge in [0.1, 0.15) is 12.4 Å². The Morgan fingerprint density at radius 3 is 2.73 bits per heavy atom. The number of amides is 1. The van der Waals surface area contributed by atoms with Gasteiger partial charge in [0, 0.05) is 5.56 Å². The third kappa shape index (κ3) is 3.53. The summed E-state index contributed by atoms with van der Waals surface area (Å²) < 4.78 is 5.96. The molecular weight excluding hydrogens is 330 g/mol. The van der Waals surface area contributed by atoms with E-state index in [2.05, 4.69) is 12.1 Å². The van der Waals surface area contributed by atoms with Crippen LogP contribution in [0, 0.1) is 11.8 Å². The Labute approximate surface area is 153 Å². The monoisotopic (exact) mass is 353 g/mol. The number of carboxylic acid groups (broad SMARTS) is 1. The van der Waals surface area contributed by atoms with Crippen LogP contribution in [0.5, 0.6) is 5.75 Å². The lowest BCUT2D eigenvalue weighted by molar-refractivity contribution is 0.129. The van der Waals surface area contributed by atoms with Gasteiger partial charge in [0.15, 0.2) is 0 Å². The van der Waals surface area contributed by atoms with Gasteiger partial charge in [-0.25, -0.2) is 4.79 Å². The second-order valence-electron chi connectivity index (χ2n) is 7.09. The van der Waals surface area contributed by atoms with Crippen LogP contribution in [0.1, 0.15) is 36.3 Å². The van der Waals surface area contributed by atoms with Crippen molar-refractivity contribution in [3.8, 4) is 5.75 Å². The molecule has 5 nitrogen and oxygen atoms in total. The molecule has 5 heteroatoms. The lowest BCUT2D eigenvalue weighted by Gasteiger charge is -2.19. The second kappa shape index (κ2) is 7.00. The third-order valence-corrected chi connectivity index (χ3v) is 5.31. The number of hydroxylamine groups is 1. The van der Waals surface area contributed by atoms with Crippen molar-refractivity contribution in [2.45, 2.75) is 31.8 Å². The Kier molecular flexibility index (Phi) is 4.55. The number of nitrogens with zero attached hydrogens (tertiary/aromatic N) is 1. The fourth-order valence-corrected chi connectivity index (χ4v) is 3.75. The van der Waals surface area contributed by atoms with Crippen molar-refractivity contribution in [2.24, 2.45) is 11.8 Å². The highest BCUT2D eigenvalue weighted by molar-refractivity contribution is 5.84. The van der Waals surface area contributed by atoms with Crippen LogP contribution in [0.4, 0.5) is 10.5 Å². The van der Waals surface area contributed by atoms with Crippen molar-refractivity contribution in [1.82, 2.24) is 0 Å². The van der Waals surface area contributed by atoms with Crippen molar-refractivity contribution in [1.29, 1.82) is 0 Å². The summed E-state index contributed by atoms with van der Waals surface area (Å²) >= 11 is 0. The van der Waals surface area contributed by atoms with Gasteiger partial charge in [-0.05, 0) is 60.8 Å². The highest BCUT2D eigenvalue weighted by Gasteiger charge is 2.47. The highest BCUT2D eigenvalue weighted by atomic mass is 16.7. The molecular formula is C21H23NO4. The van der Waals surface area contributed by atoms with Crippen molar-refractivity contribution in [3.63, 3.8) is 0 Å². The first-order valence-corrected chi connectivity index (χ1v) is 9.05. The van der Waals surface area contributed by atoms with E-state index in [0.717, 1.165) is 28.2 Å². The van der Waals surface area contributed by atoms with Gasteiger partial charge in [0.2, 0.25) is 0 Å². The molecule has 0 bridgehead atoms. The summed E-state index contributed by atoms with van der Waals surface area (Å²) in [5.41, 5.74) is 2.58. The molecule has 0 heterocycles. The summed E-state index contributed by atoms with van der Waals surface area (Å²) in [5.74, 6) is 3.33. The first kappa shape index (κ1) is 16.9. The van der Waals surface area contributed by atoms with E-state index in [-0.39, 0.29) is 6.61 Å². The van der Waals surface area contributed by atoms with Crippen LogP contribution in [0.2, 0.25) is 0 Å². The molecule has 2 aliphatic rings. The average Bonchev–Trinajstić information content (AvgIpc) is 3.54. The summed E-state index contributed by atoms with van der Waals surface area (Å²) in [5, 5.41) is 10.1. The summed E-state index contributed by atoms with van der Waals surface area (Å²) in [7, 11) is 1.33. The number of ether oxygens (including phenoxy) is 1. The normalized spacial score (nSPS) is 21.3. The molecule has 0 spiro atoms. The second-order valence-corrected chi connectivity index (χ2v) is 7.09. The quantitative estimate of drug-likeness (QED) is 0.725. The van der Waals surface area contributed by atoms with Gasteiger partial charge in [-0.3, -0.25) is 4.84 Å². The van der Waals surface area contributed by atoms with Gasteiger partial charge >= 0.3 is 6.09 Å². The maximum absolute atomic E-state index is 11.3. The van der Waals surface area contributed by atoms with E-state index in [1.807, 2.05) is 24.3 Å². The lowest BCUT2D eigenvalue weighted by atomic mass is 10.1. The highest BCUT2D eigenvalue weighted by Crippen LogP contribution is 2.59. The lowest BCUT2D eigenvalue weighted by Crippen LogP contribution is -2.28. The topological polar surface area (TPSA) is 59.0 Å². The molecule has 0 saturated heterocycles. The van der Waals surface area contributed by atoms with Gasteiger partial charge in [-0.15, -0.1) is 0 Å². The van der Waals surface area contributed by atoms with E-state index in [1.165, 1.54) is 31.9 Å². The predicted molar refractivity (Wildman–Crippen MR) is 98.3 cm³/mol. The number of rotatable bonds is 7. The van der Waals surface area contributed by atoms with Crippen molar-refractivity contribution in [3.05, 3.63) is 59.7 Å². The number of hydrogen-bond acceptors (Lipinski definition) is 3. The molecule has 2 aliphatic carbocycles. The molecule has 2 fully saturated rings. The Morgan fingerprint density at radius 2 is 2.00 bits per heavy atom. The average molecular weight is 353 g/mol. The molecule has 2 aromatic carbocycles. The molecule has 2 atom stereocenters. The van der Waals surface area contributed by atoms with E-state index in [0.29, 0.717) is 11.6 Å². The van der Waals surface area contributed by atoms with Crippen LogP contribution in [0.15, 0.2) is 48.5 Å². The fourth-order valence-electron chi connectivity index (χ4n) is 3.75. The number of hydrogen-bond donors (Lipinski definition) is 1. The van der Waals surface area contributed by atoms with Gasteiger partial charge in [0.25, 0.3) is 0 Å². The number of para-hydroxylation sites is 1. The van der Waals surface area contributed by atoms with Crippen LogP contribution in [0.25, 0.3) is 0 Å². The molecule has 0 aliphatic heterocycles. The molecule has 0 aromatic heterocycles. The van der Waals surface area contributed by atoms with E-state index in [1.54, 1.807) is 12.1 Å². The molecule has 1 amide bonds. The minimum atomic E-state index is -1.17. The van der Waals surface area contributed by atoms with Crippen molar-refractivity contribution < 1.29 is 19.5 Å². The number of carbonyl (C=O) groups is 1. The van der Waals surface area contributed by atoms with E-state index < -0.39 is 6.09 Å². The van der Waals surface area contributed by atoms with Crippen LogP contribution in [0.3, 0.4) is 0 Å². The summed E-state index contributed by atoms with van der Waals surface area (Å²) in [6.45, 7) is 0.281. The van der Waals surface area contributed by atoms with Gasteiger partial charge < -0.3 is 9.84 Å². The van der Waals surface area contributed by atoms with Crippen LogP contribution in [-0.4, -0.2) is 18.3 Å². The Bertz CT molecular complexity index is 802. The smallest absolute Gasteiger partial charge is 0.436 e. The molecule has 136 valence electrons. The first-order valence-electron chi connectivity index (χ1n) is 9.05. The van der Waals surface area contributed by atoms with Crippen molar-refractivity contribution >= 4 is 11.8 Å². The van der Waals surface area contributed by atoms with Gasteiger partial charge in [0.05, 0.1) is 12.8 Å². The molecule has 1 N–H and O–H groups in total. The maximum atomic E-state index is 11.3. The summed E-state index contributed by atoms with van der Waals surface area (Å²) in [6.07, 6.45) is 2.93. The number of benzene rings is 2. The third-order valence-electron chi connectivity index (χ3n) is 5.31. The largest absolute Gasteiger partial charge is 0.489 e. The standard InChI is InChI=1S/C21H23NO4/c1-25-22(21(23)24)20-8-3-2-5-16(20)13-26-17-7-4-6-15(11-17)19-12-18(19)14-9-10-14/h2-8,11,14,18-19H,9-10,12-13H2,1H3,(H,23,24).